The molecule has 0 bridgehead atoms. The molecule has 40 heavy (non-hydrogen) atoms. The van der Waals surface area contributed by atoms with E-state index in [0.29, 0.717) is 4.90 Å². The van der Waals surface area contributed by atoms with Crippen LogP contribution in [-0.2, 0) is 17.4 Å². The third-order valence-electron chi connectivity index (χ3n) is 7.11. The number of nitrogen functional groups attached to an aromatic ring is 1. The van der Waals surface area contributed by atoms with Gasteiger partial charge in [-0.1, -0.05) is 0 Å². The number of fused-ring (bicyclic) bond motifs is 2. The van der Waals surface area contributed by atoms with Gasteiger partial charge in [0.05, 0.1) is 35.1 Å². The fraction of sp³-hybridized carbons (Fsp3) is 0.435. The Morgan fingerprint density at radius 3 is 2.48 bits per heavy atom. The molecule has 2 aliphatic rings. The number of likely N-dealkylation sites (tertiary alicyclic amines) is 1. The first-order valence-electron chi connectivity index (χ1n) is 11.7. The van der Waals surface area contributed by atoms with Gasteiger partial charge in [0, 0.05) is 31.3 Å². The van der Waals surface area contributed by atoms with E-state index in [1.807, 2.05) is 0 Å². The van der Waals surface area contributed by atoms with Gasteiger partial charge in [0.1, 0.15) is 18.0 Å². The summed E-state index contributed by atoms with van der Waals surface area (Å²) in [6.07, 6.45) is -9.73. The topological polar surface area (TPSA) is 130 Å². The number of amides is 2. The second-order valence-corrected chi connectivity index (χ2v) is 9.68. The zero-order chi connectivity index (χ0) is 29.4. The van der Waals surface area contributed by atoms with Crippen molar-refractivity contribution in [3.05, 3.63) is 41.5 Å². The summed E-state index contributed by atoms with van der Waals surface area (Å²) in [6, 6.07) is 0.714. The quantitative estimate of drug-likeness (QED) is 0.459. The zero-order valence-electron chi connectivity index (χ0n) is 20.5. The molecule has 10 nitrogen and oxygen atoms in total. The van der Waals surface area contributed by atoms with Gasteiger partial charge in [-0.15, -0.1) is 0 Å². The SMILES string of the molecule is CC(O)(C(=O)N1C[C@@H](F)[C@@H](N2CCc3ncc(-c4cc(C(F)(F)F)c5c(N)ncnn45)cc3C2=O)C1)C(F)(F)F. The number of alkyl halides is 7. The maximum absolute atomic E-state index is 15.0. The zero-order valence-corrected chi connectivity index (χ0v) is 20.5. The number of pyridine rings is 1. The average molecular weight is 575 g/mol. The number of carbonyl (C=O) groups excluding carboxylic acids is 2. The van der Waals surface area contributed by atoms with Gasteiger partial charge < -0.3 is 20.6 Å². The Kier molecular flexibility index (Phi) is 6.20. The highest BCUT2D eigenvalue weighted by molar-refractivity contribution is 5.98. The van der Waals surface area contributed by atoms with Crippen LogP contribution in [-0.4, -0.2) is 89.9 Å². The molecular formula is C23H20F7N7O3. The van der Waals surface area contributed by atoms with Crippen molar-refractivity contribution < 1.29 is 45.4 Å². The lowest BCUT2D eigenvalue weighted by Crippen LogP contribution is -2.56. The molecule has 0 radical (unpaired) electrons. The number of nitrogens with two attached hydrogens (primary N) is 1. The van der Waals surface area contributed by atoms with E-state index in [1.165, 1.54) is 12.3 Å². The molecule has 0 saturated carbocycles. The number of rotatable bonds is 3. The molecule has 2 aliphatic heterocycles. The Balaban J connectivity index is 1.47. The van der Waals surface area contributed by atoms with E-state index in [4.69, 9.17) is 5.73 Å². The van der Waals surface area contributed by atoms with Crippen molar-refractivity contribution in [1.82, 2.24) is 29.4 Å². The smallest absolute Gasteiger partial charge is 0.382 e. The van der Waals surface area contributed by atoms with Crippen molar-refractivity contribution in [1.29, 1.82) is 0 Å². The molecule has 0 aromatic carbocycles. The number of hydrogen-bond donors (Lipinski definition) is 2. The lowest BCUT2D eigenvalue weighted by Gasteiger charge is -2.34. The number of halogens is 7. The molecule has 1 fully saturated rings. The molecule has 1 saturated heterocycles. The maximum Gasteiger partial charge on any atom is 0.426 e. The van der Waals surface area contributed by atoms with Crippen LogP contribution < -0.4 is 5.73 Å². The van der Waals surface area contributed by atoms with Gasteiger partial charge in [-0.3, -0.25) is 14.6 Å². The number of aliphatic hydroxyl groups is 1. The molecule has 3 aromatic heterocycles. The first-order chi connectivity index (χ1) is 18.5. The molecule has 0 aliphatic carbocycles. The van der Waals surface area contributed by atoms with Crippen LogP contribution in [0.3, 0.4) is 0 Å². The summed E-state index contributed by atoms with van der Waals surface area (Å²) in [5.41, 5.74) is 0.474. The summed E-state index contributed by atoms with van der Waals surface area (Å²) in [5.74, 6) is -2.95. The molecule has 0 spiro atoms. The summed E-state index contributed by atoms with van der Waals surface area (Å²) < 4.78 is 96.4. The predicted octanol–water partition coefficient (Wildman–Crippen LogP) is 2.25. The Morgan fingerprint density at radius 1 is 1.12 bits per heavy atom. The number of carbonyl (C=O) groups is 2. The third-order valence-corrected chi connectivity index (χ3v) is 7.11. The summed E-state index contributed by atoms with van der Waals surface area (Å²) in [5, 5.41) is 13.6. The summed E-state index contributed by atoms with van der Waals surface area (Å²) in [6.45, 7) is -1.19. The largest absolute Gasteiger partial charge is 0.426 e. The Labute approximate surface area is 220 Å². The average Bonchev–Trinajstić information content (AvgIpc) is 3.45. The monoisotopic (exact) mass is 575 g/mol. The van der Waals surface area contributed by atoms with E-state index in [0.717, 1.165) is 21.8 Å². The maximum atomic E-state index is 15.0. The third kappa shape index (κ3) is 4.28. The number of nitrogens with zero attached hydrogens (tertiary/aromatic N) is 6. The molecule has 214 valence electrons. The van der Waals surface area contributed by atoms with Crippen LogP contribution in [0.2, 0.25) is 0 Å². The predicted molar refractivity (Wildman–Crippen MR) is 122 cm³/mol. The van der Waals surface area contributed by atoms with Gasteiger partial charge in [-0.05, 0) is 19.1 Å². The Bertz CT molecular complexity index is 1520. The highest BCUT2D eigenvalue weighted by atomic mass is 19.4. The Hall–Kier alpha value is -4.02. The lowest BCUT2D eigenvalue weighted by atomic mass is 9.99. The number of hydrogen-bond acceptors (Lipinski definition) is 7. The van der Waals surface area contributed by atoms with Gasteiger partial charge in [0.2, 0.25) is 5.60 Å². The molecule has 3 aromatic rings. The van der Waals surface area contributed by atoms with E-state index >= 15 is 0 Å². The second kappa shape index (κ2) is 9.00. The van der Waals surface area contributed by atoms with Gasteiger partial charge in [0.25, 0.3) is 11.8 Å². The number of anilines is 1. The van der Waals surface area contributed by atoms with Gasteiger partial charge in [-0.25, -0.2) is 13.9 Å². The molecule has 5 heterocycles. The summed E-state index contributed by atoms with van der Waals surface area (Å²) in [4.78, 5) is 35.1. The minimum atomic E-state index is -5.31. The Morgan fingerprint density at radius 2 is 1.82 bits per heavy atom. The van der Waals surface area contributed by atoms with Crippen LogP contribution in [0.5, 0.6) is 0 Å². The summed E-state index contributed by atoms with van der Waals surface area (Å²) in [7, 11) is 0. The van der Waals surface area contributed by atoms with Crippen molar-refractivity contribution in [2.24, 2.45) is 0 Å². The van der Waals surface area contributed by atoms with Crippen LogP contribution in [0.15, 0.2) is 24.7 Å². The minimum absolute atomic E-state index is 0.0544. The molecule has 3 N–H and O–H groups in total. The first-order valence-corrected chi connectivity index (χ1v) is 11.7. The molecule has 3 atom stereocenters. The molecule has 5 rings (SSSR count). The van der Waals surface area contributed by atoms with E-state index in [9.17, 15) is 45.4 Å². The van der Waals surface area contributed by atoms with Crippen LogP contribution in [0.1, 0.15) is 28.5 Å². The summed E-state index contributed by atoms with van der Waals surface area (Å²) >= 11 is 0. The van der Waals surface area contributed by atoms with Crippen LogP contribution in [0.4, 0.5) is 36.6 Å². The highest BCUT2D eigenvalue weighted by Gasteiger charge is 2.58. The van der Waals surface area contributed by atoms with Gasteiger partial charge in [0.15, 0.2) is 5.82 Å². The van der Waals surface area contributed by atoms with Crippen molar-refractivity contribution in [3.63, 3.8) is 0 Å². The second-order valence-electron chi connectivity index (χ2n) is 9.68. The minimum Gasteiger partial charge on any atom is -0.382 e. The van der Waals surface area contributed by atoms with Crippen molar-refractivity contribution in [3.8, 4) is 11.3 Å². The van der Waals surface area contributed by atoms with Crippen LogP contribution >= 0.6 is 0 Å². The molecule has 17 heteroatoms. The van der Waals surface area contributed by atoms with Crippen molar-refractivity contribution in [2.45, 2.75) is 43.5 Å². The van der Waals surface area contributed by atoms with E-state index in [1.54, 1.807) is 0 Å². The van der Waals surface area contributed by atoms with E-state index in [-0.39, 0.29) is 42.4 Å². The van der Waals surface area contributed by atoms with Crippen molar-refractivity contribution in [2.75, 3.05) is 25.4 Å². The molecular weight excluding hydrogens is 555 g/mol. The molecule has 2 amide bonds. The first kappa shape index (κ1) is 27.5. The van der Waals surface area contributed by atoms with E-state index < -0.39 is 72.0 Å². The normalized spacial score (nSPS) is 21.6. The van der Waals surface area contributed by atoms with Gasteiger partial charge in [-0.2, -0.15) is 31.4 Å². The van der Waals surface area contributed by atoms with Crippen LogP contribution in [0.25, 0.3) is 16.8 Å². The fourth-order valence-corrected chi connectivity index (χ4v) is 4.94. The van der Waals surface area contributed by atoms with E-state index in [2.05, 4.69) is 15.1 Å². The fourth-order valence-electron chi connectivity index (χ4n) is 4.94. The van der Waals surface area contributed by atoms with Crippen LogP contribution in [0, 0.1) is 0 Å². The molecule has 1 unspecified atom stereocenters. The standard InChI is InChI=1S/C23H20F7N7O3/c1-21(40,23(28,29)30)20(39)35-7-13(24)16(8-35)36-3-2-14-11(19(36)38)4-10(6-32-14)15-5-12(22(25,26)27)17-18(31)33-9-34-37(15)17/h4-6,9,13,16,40H,2-3,7-8H2,1H3,(H2,31,33,34)/t13-,16+,21?/m1/s1. The number of aromatic nitrogens is 4. The lowest BCUT2D eigenvalue weighted by molar-refractivity contribution is -0.249. The highest BCUT2D eigenvalue weighted by Crippen LogP contribution is 2.39. The van der Waals surface area contributed by atoms with Crippen molar-refractivity contribution >= 4 is 23.1 Å². The van der Waals surface area contributed by atoms with Gasteiger partial charge >= 0.3 is 12.4 Å².